The summed E-state index contributed by atoms with van der Waals surface area (Å²) in [4.78, 5) is 34.8. The van der Waals surface area contributed by atoms with Gasteiger partial charge in [0.15, 0.2) is 11.5 Å². The number of nitrogens with one attached hydrogen (secondary N) is 1. The molecule has 0 spiro atoms. The number of aromatic amines is 1. The number of aliphatic hydroxyl groups is 1. The Bertz CT molecular complexity index is 1410. The van der Waals surface area contributed by atoms with Crippen LogP contribution in [0.25, 0.3) is 11.0 Å². The highest BCUT2D eigenvalue weighted by Crippen LogP contribution is 2.43. The number of hydrogen-bond acceptors (Lipinski definition) is 5. The second kappa shape index (κ2) is 7.35. The van der Waals surface area contributed by atoms with Crippen molar-refractivity contribution < 1.29 is 23.5 Å². The Balaban J connectivity index is 1.72. The van der Waals surface area contributed by atoms with Crippen molar-refractivity contribution in [3.05, 3.63) is 93.9 Å². The summed E-state index contributed by atoms with van der Waals surface area (Å²) < 4.78 is 20.5. The van der Waals surface area contributed by atoms with E-state index in [2.05, 4.69) is 9.97 Å². The van der Waals surface area contributed by atoms with Crippen LogP contribution in [0, 0.1) is 12.7 Å². The maximum Gasteiger partial charge on any atom is 0.296 e. The zero-order chi connectivity index (χ0) is 22.6. The summed E-state index contributed by atoms with van der Waals surface area (Å²) in [5, 5.41) is 10.5. The molecule has 4 aromatic rings. The standard InChI is InChI=1S/C23H15ClFN3O4/c1-11-9-10-16(32-11)20(29)17-19(12-5-4-6-13(24)18(12)25)28(22(31)21(17)30)23-26-14-7-2-3-8-15(14)27-23/h2-10,19,30H,1H3,(H,26,27)/t19-/m1/s1. The van der Waals surface area contributed by atoms with Gasteiger partial charge in [0.25, 0.3) is 5.91 Å². The molecule has 0 saturated carbocycles. The molecule has 2 N–H and O–H groups in total. The molecule has 32 heavy (non-hydrogen) atoms. The third-order valence-electron chi connectivity index (χ3n) is 5.30. The molecule has 0 unspecified atom stereocenters. The van der Waals surface area contributed by atoms with E-state index < -0.39 is 29.3 Å². The molecule has 5 rings (SSSR count). The number of furan rings is 1. The maximum absolute atomic E-state index is 15.1. The van der Waals surface area contributed by atoms with Crippen molar-refractivity contribution in [2.45, 2.75) is 13.0 Å². The lowest BCUT2D eigenvalue weighted by Crippen LogP contribution is -2.32. The normalized spacial score (nSPS) is 16.4. The van der Waals surface area contributed by atoms with Crippen molar-refractivity contribution >= 4 is 40.3 Å². The number of aryl methyl sites for hydroxylation is 1. The Kier molecular flexibility index (Phi) is 4.60. The molecule has 3 heterocycles. The van der Waals surface area contributed by atoms with Gasteiger partial charge in [-0.2, -0.15) is 0 Å². The first-order valence-electron chi connectivity index (χ1n) is 9.63. The minimum absolute atomic E-state index is 0.0468. The van der Waals surface area contributed by atoms with Crippen LogP contribution in [0.5, 0.6) is 0 Å². The third kappa shape index (κ3) is 2.99. The number of nitrogens with zero attached hydrogens (tertiary/aromatic N) is 2. The molecule has 1 aliphatic heterocycles. The first-order valence-corrected chi connectivity index (χ1v) is 10.0. The van der Waals surface area contributed by atoms with Gasteiger partial charge in [-0.1, -0.05) is 35.9 Å². The highest BCUT2D eigenvalue weighted by atomic mass is 35.5. The molecule has 160 valence electrons. The summed E-state index contributed by atoms with van der Waals surface area (Å²) in [5.41, 5.74) is 0.788. The Morgan fingerprint density at radius 2 is 1.97 bits per heavy atom. The molecule has 0 bridgehead atoms. The summed E-state index contributed by atoms with van der Waals surface area (Å²) in [7, 11) is 0. The molecule has 2 aromatic carbocycles. The monoisotopic (exact) mass is 451 g/mol. The van der Waals surface area contributed by atoms with E-state index in [0.717, 1.165) is 4.90 Å². The zero-order valence-corrected chi connectivity index (χ0v) is 17.4. The second-order valence-corrected chi connectivity index (χ2v) is 7.71. The van der Waals surface area contributed by atoms with E-state index in [1.807, 2.05) is 0 Å². The van der Waals surface area contributed by atoms with Crippen LogP contribution in [0.4, 0.5) is 10.3 Å². The van der Waals surface area contributed by atoms with Crippen LogP contribution in [0.15, 0.2) is 70.3 Å². The van der Waals surface area contributed by atoms with Crippen LogP contribution in [0.1, 0.15) is 27.9 Å². The number of anilines is 1. The van der Waals surface area contributed by atoms with E-state index in [9.17, 15) is 14.7 Å². The number of aliphatic hydroxyl groups excluding tert-OH is 1. The van der Waals surface area contributed by atoms with Crippen molar-refractivity contribution in [3.63, 3.8) is 0 Å². The van der Waals surface area contributed by atoms with E-state index in [1.54, 1.807) is 37.3 Å². The molecular formula is C23H15ClFN3O4. The Labute approximate surface area is 185 Å². The molecule has 0 radical (unpaired) electrons. The average molecular weight is 452 g/mol. The van der Waals surface area contributed by atoms with Crippen molar-refractivity contribution in [1.29, 1.82) is 0 Å². The van der Waals surface area contributed by atoms with Gasteiger partial charge in [-0.25, -0.2) is 9.37 Å². The maximum atomic E-state index is 15.1. The highest BCUT2D eigenvalue weighted by molar-refractivity contribution is 6.30. The number of para-hydroxylation sites is 2. The van der Waals surface area contributed by atoms with Gasteiger partial charge in [-0.15, -0.1) is 0 Å². The van der Waals surface area contributed by atoms with Crippen LogP contribution >= 0.6 is 11.6 Å². The average Bonchev–Trinajstić information content (AvgIpc) is 3.46. The minimum atomic E-state index is -1.32. The van der Waals surface area contributed by atoms with Gasteiger partial charge in [0.2, 0.25) is 11.7 Å². The van der Waals surface area contributed by atoms with E-state index in [0.29, 0.717) is 16.8 Å². The topological polar surface area (TPSA) is 99.4 Å². The molecular weight excluding hydrogens is 437 g/mol. The second-order valence-electron chi connectivity index (χ2n) is 7.30. The molecule has 0 saturated heterocycles. The summed E-state index contributed by atoms with van der Waals surface area (Å²) >= 11 is 5.99. The number of aromatic nitrogens is 2. The number of benzene rings is 2. The van der Waals surface area contributed by atoms with Crippen LogP contribution < -0.4 is 4.90 Å². The Morgan fingerprint density at radius 3 is 2.69 bits per heavy atom. The first kappa shape index (κ1) is 20.0. The van der Waals surface area contributed by atoms with E-state index in [1.165, 1.54) is 24.3 Å². The zero-order valence-electron chi connectivity index (χ0n) is 16.6. The van der Waals surface area contributed by atoms with Crippen molar-refractivity contribution in [2.24, 2.45) is 0 Å². The van der Waals surface area contributed by atoms with Gasteiger partial charge >= 0.3 is 0 Å². The smallest absolute Gasteiger partial charge is 0.296 e. The first-order chi connectivity index (χ1) is 15.4. The number of ketones is 1. The fraction of sp³-hybridized carbons (Fsp3) is 0.0870. The number of carbonyl (C=O) groups excluding carboxylic acids is 2. The number of halogens is 2. The lowest BCUT2D eigenvalue weighted by molar-refractivity contribution is -0.117. The van der Waals surface area contributed by atoms with Crippen molar-refractivity contribution in [3.8, 4) is 0 Å². The number of H-pyrrole nitrogens is 1. The number of hydrogen-bond donors (Lipinski definition) is 2. The minimum Gasteiger partial charge on any atom is -0.503 e. The fourth-order valence-electron chi connectivity index (χ4n) is 3.82. The number of rotatable bonds is 4. The van der Waals surface area contributed by atoms with Crippen LogP contribution in [-0.4, -0.2) is 26.8 Å². The molecule has 2 aromatic heterocycles. The molecule has 1 aliphatic rings. The Hall–Kier alpha value is -3.91. The molecule has 9 heteroatoms. The van der Waals surface area contributed by atoms with Crippen LogP contribution in [0.3, 0.4) is 0 Å². The molecule has 7 nitrogen and oxygen atoms in total. The fourth-order valence-corrected chi connectivity index (χ4v) is 4.01. The van der Waals surface area contributed by atoms with E-state index in [4.69, 9.17) is 16.0 Å². The van der Waals surface area contributed by atoms with Crippen LogP contribution in [-0.2, 0) is 4.79 Å². The largest absolute Gasteiger partial charge is 0.503 e. The Morgan fingerprint density at radius 1 is 1.19 bits per heavy atom. The SMILES string of the molecule is Cc1ccc(C(=O)C2=C(O)C(=O)N(c3nc4ccccc4[nH]3)[C@@H]2c2cccc(Cl)c2F)o1. The highest BCUT2D eigenvalue weighted by Gasteiger charge is 2.47. The number of carbonyl (C=O) groups is 2. The lowest BCUT2D eigenvalue weighted by Gasteiger charge is -2.24. The summed E-state index contributed by atoms with van der Waals surface area (Å²) in [5.74, 6) is -2.84. The predicted molar refractivity (Wildman–Crippen MR) is 115 cm³/mol. The number of imidazole rings is 1. The van der Waals surface area contributed by atoms with Gasteiger partial charge in [0.1, 0.15) is 17.6 Å². The number of amides is 1. The van der Waals surface area contributed by atoms with Crippen molar-refractivity contribution in [2.75, 3.05) is 4.90 Å². The van der Waals surface area contributed by atoms with E-state index in [-0.39, 0.29) is 27.9 Å². The summed E-state index contributed by atoms with van der Waals surface area (Å²) in [6.07, 6.45) is 0. The number of fused-ring (bicyclic) bond motifs is 1. The van der Waals surface area contributed by atoms with Gasteiger partial charge in [-0.3, -0.25) is 14.5 Å². The van der Waals surface area contributed by atoms with Gasteiger partial charge in [0, 0.05) is 5.56 Å². The molecule has 1 amide bonds. The molecule has 0 fully saturated rings. The quantitative estimate of drug-likeness (QED) is 0.423. The van der Waals surface area contributed by atoms with Gasteiger partial charge in [-0.05, 0) is 37.3 Å². The number of Topliss-reactive ketones (excluding diaryl/α,β-unsaturated/α-hetero) is 1. The molecule has 1 atom stereocenters. The molecule has 0 aliphatic carbocycles. The van der Waals surface area contributed by atoms with Crippen molar-refractivity contribution in [1.82, 2.24) is 9.97 Å². The van der Waals surface area contributed by atoms with E-state index >= 15 is 4.39 Å². The summed E-state index contributed by atoms with van der Waals surface area (Å²) in [6, 6.07) is 13.0. The van der Waals surface area contributed by atoms with Gasteiger partial charge in [0.05, 0.1) is 21.6 Å². The summed E-state index contributed by atoms with van der Waals surface area (Å²) in [6.45, 7) is 1.65. The van der Waals surface area contributed by atoms with Crippen LogP contribution in [0.2, 0.25) is 5.02 Å². The lowest BCUT2D eigenvalue weighted by atomic mass is 9.95. The van der Waals surface area contributed by atoms with Gasteiger partial charge < -0.3 is 14.5 Å². The predicted octanol–water partition coefficient (Wildman–Crippen LogP) is 5.04. The third-order valence-corrected chi connectivity index (χ3v) is 5.59.